The molecule has 0 radical (unpaired) electrons. The van der Waals surface area contributed by atoms with Crippen molar-refractivity contribution in [2.75, 3.05) is 0 Å². The Balaban J connectivity index is 2.12. The van der Waals surface area contributed by atoms with E-state index < -0.39 is 11.5 Å². The van der Waals surface area contributed by atoms with Gasteiger partial charge in [-0.25, -0.2) is 0 Å². The number of hydrogen-bond donors (Lipinski definition) is 3. The van der Waals surface area contributed by atoms with Crippen LogP contribution in [0, 0.1) is 0 Å². The second-order valence-electron chi connectivity index (χ2n) is 4.77. The highest BCUT2D eigenvalue weighted by atomic mass is 16.4. The summed E-state index contributed by atoms with van der Waals surface area (Å²) in [5.41, 5.74) is 8.06. The first-order valence-corrected chi connectivity index (χ1v) is 5.71. The highest BCUT2D eigenvalue weighted by molar-refractivity contribution is 5.86. The number of nitrogens with one attached hydrogen (secondary N) is 1. The second-order valence-corrected chi connectivity index (χ2v) is 4.77. The predicted octanol–water partition coefficient (Wildman–Crippen LogP) is 1.44. The molecule has 1 aromatic heterocycles. The first-order chi connectivity index (χ1) is 8.10. The van der Waals surface area contributed by atoms with Crippen LogP contribution in [0.5, 0.6) is 0 Å². The van der Waals surface area contributed by atoms with Crippen LogP contribution >= 0.6 is 0 Å². The lowest BCUT2D eigenvalue weighted by molar-refractivity contribution is -0.143. The molecule has 4 nitrogen and oxygen atoms in total. The molecule has 4 N–H and O–H groups in total. The molecule has 4 heteroatoms. The molecule has 1 heterocycles. The van der Waals surface area contributed by atoms with Crippen LogP contribution in [0.1, 0.15) is 17.7 Å². The summed E-state index contributed by atoms with van der Waals surface area (Å²) in [7, 11) is 0. The molecule has 0 bridgehead atoms. The van der Waals surface area contributed by atoms with Crippen LogP contribution in [0.15, 0.2) is 24.3 Å². The van der Waals surface area contributed by atoms with E-state index in [4.69, 9.17) is 10.8 Å². The van der Waals surface area contributed by atoms with Crippen LogP contribution in [0.3, 0.4) is 0 Å². The van der Waals surface area contributed by atoms with Crippen LogP contribution in [0.2, 0.25) is 0 Å². The number of rotatable bonds is 1. The first kappa shape index (κ1) is 10.4. The number of para-hydroxylation sites is 1. The first-order valence-electron chi connectivity index (χ1n) is 5.71. The van der Waals surface area contributed by atoms with E-state index in [1.54, 1.807) is 0 Å². The molecule has 0 unspecified atom stereocenters. The summed E-state index contributed by atoms with van der Waals surface area (Å²) in [4.78, 5) is 14.4. The average Bonchev–Trinajstić information content (AvgIpc) is 2.65. The highest BCUT2D eigenvalue weighted by Gasteiger charge is 2.38. The number of hydrogen-bond acceptors (Lipinski definition) is 2. The number of H-pyrrole nitrogens is 1. The third-order valence-corrected chi connectivity index (χ3v) is 3.64. The van der Waals surface area contributed by atoms with Gasteiger partial charge in [-0.3, -0.25) is 4.79 Å². The maximum atomic E-state index is 11.2. The van der Waals surface area contributed by atoms with Gasteiger partial charge in [0.25, 0.3) is 0 Å². The van der Waals surface area contributed by atoms with Crippen LogP contribution < -0.4 is 5.73 Å². The number of nitrogens with two attached hydrogens (primary N) is 1. The number of carboxylic acid groups (broad SMARTS) is 1. The Morgan fingerprint density at radius 1 is 1.41 bits per heavy atom. The zero-order valence-corrected chi connectivity index (χ0v) is 9.36. The summed E-state index contributed by atoms with van der Waals surface area (Å²) in [6.45, 7) is 0. The minimum absolute atomic E-state index is 0.381. The molecule has 1 aliphatic carbocycles. The molecular weight excluding hydrogens is 216 g/mol. The topological polar surface area (TPSA) is 79.1 Å². The van der Waals surface area contributed by atoms with Gasteiger partial charge in [-0.2, -0.15) is 0 Å². The average molecular weight is 230 g/mol. The SMILES string of the molecule is N[C@]1(C(=O)O)CCc2c([nH]c3ccccc23)C1. The molecule has 0 aliphatic heterocycles. The number of aryl methyl sites for hydroxylation is 1. The zero-order valence-electron chi connectivity index (χ0n) is 9.36. The molecule has 1 aromatic carbocycles. The van der Waals surface area contributed by atoms with E-state index >= 15 is 0 Å². The Hall–Kier alpha value is -1.81. The highest BCUT2D eigenvalue weighted by Crippen LogP contribution is 2.32. The normalized spacial score (nSPS) is 23.6. The van der Waals surface area contributed by atoms with Gasteiger partial charge in [0.1, 0.15) is 5.54 Å². The monoisotopic (exact) mass is 230 g/mol. The van der Waals surface area contributed by atoms with Crippen LogP contribution in [0.25, 0.3) is 10.9 Å². The molecule has 2 aromatic rings. The van der Waals surface area contributed by atoms with Gasteiger partial charge in [0.2, 0.25) is 0 Å². The van der Waals surface area contributed by atoms with E-state index in [-0.39, 0.29) is 0 Å². The number of carboxylic acids is 1. The summed E-state index contributed by atoms with van der Waals surface area (Å²) in [5, 5.41) is 10.3. The molecule has 0 spiro atoms. The fourth-order valence-corrected chi connectivity index (χ4v) is 2.63. The van der Waals surface area contributed by atoms with Crippen molar-refractivity contribution in [3.63, 3.8) is 0 Å². The molecule has 0 saturated carbocycles. The van der Waals surface area contributed by atoms with E-state index in [0.29, 0.717) is 12.8 Å². The van der Waals surface area contributed by atoms with Crippen molar-refractivity contribution in [3.8, 4) is 0 Å². The summed E-state index contributed by atoms with van der Waals surface area (Å²) < 4.78 is 0. The van der Waals surface area contributed by atoms with Gasteiger partial charge in [-0.1, -0.05) is 18.2 Å². The van der Waals surface area contributed by atoms with Crippen molar-refractivity contribution in [3.05, 3.63) is 35.5 Å². The van der Waals surface area contributed by atoms with Gasteiger partial charge in [-0.15, -0.1) is 0 Å². The van der Waals surface area contributed by atoms with Crippen LogP contribution in [-0.2, 0) is 17.6 Å². The fraction of sp³-hybridized carbons (Fsp3) is 0.308. The molecule has 88 valence electrons. The third-order valence-electron chi connectivity index (χ3n) is 3.64. The lowest BCUT2D eigenvalue weighted by Gasteiger charge is -2.28. The Kier molecular flexibility index (Phi) is 2.03. The van der Waals surface area contributed by atoms with Gasteiger partial charge in [0, 0.05) is 23.0 Å². The number of aromatic amines is 1. The van der Waals surface area contributed by atoms with E-state index in [1.807, 2.05) is 18.2 Å². The lowest BCUT2D eigenvalue weighted by Crippen LogP contribution is -2.52. The van der Waals surface area contributed by atoms with Crippen molar-refractivity contribution in [2.45, 2.75) is 24.8 Å². The molecule has 0 fully saturated rings. The van der Waals surface area contributed by atoms with Crippen molar-refractivity contribution in [2.24, 2.45) is 5.73 Å². The molecule has 3 rings (SSSR count). The van der Waals surface area contributed by atoms with Crippen LogP contribution in [0.4, 0.5) is 0 Å². The summed E-state index contributed by atoms with van der Waals surface area (Å²) >= 11 is 0. The third kappa shape index (κ3) is 1.45. The van der Waals surface area contributed by atoms with Gasteiger partial charge in [0.15, 0.2) is 0 Å². The number of carbonyl (C=O) groups is 1. The van der Waals surface area contributed by atoms with Gasteiger partial charge in [0.05, 0.1) is 0 Å². The molecule has 0 saturated heterocycles. The van der Waals surface area contributed by atoms with E-state index in [1.165, 1.54) is 10.9 Å². The number of fused-ring (bicyclic) bond motifs is 3. The van der Waals surface area contributed by atoms with Crippen molar-refractivity contribution in [1.29, 1.82) is 0 Å². The van der Waals surface area contributed by atoms with Gasteiger partial charge < -0.3 is 15.8 Å². The molecule has 1 atom stereocenters. The summed E-state index contributed by atoms with van der Waals surface area (Å²) in [6, 6.07) is 8.04. The summed E-state index contributed by atoms with van der Waals surface area (Å²) in [6.07, 6.45) is 1.60. The maximum absolute atomic E-state index is 11.2. The van der Waals surface area contributed by atoms with Gasteiger partial charge >= 0.3 is 5.97 Å². The Bertz CT molecular complexity index is 602. The smallest absolute Gasteiger partial charge is 0.324 e. The Morgan fingerprint density at radius 3 is 2.94 bits per heavy atom. The second kappa shape index (κ2) is 3.34. The van der Waals surface area contributed by atoms with E-state index in [0.717, 1.165) is 17.6 Å². The number of aliphatic carboxylic acids is 1. The largest absolute Gasteiger partial charge is 0.480 e. The van der Waals surface area contributed by atoms with Crippen LogP contribution in [-0.4, -0.2) is 21.6 Å². The molecule has 0 amide bonds. The lowest BCUT2D eigenvalue weighted by atomic mass is 9.81. The molecule has 1 aliphatic rings. The molecule has 17 heavy (non-hydrogen) atoms. The maximum Gasteiger partial charge on any atom is 0.324 e. The Labute approximate surface area is 98.4 Å². The minimum atomic E-state index is -1.12. The predicted molar refractivity (Wildman–Crippen MR) is 64.9 cm³/mol. The summed E-state index contributed by atoms with van der Waals surface area (Å²) in [5.74, 6) is -0.915. The zero-order chi connectivity index (χ0) is 12.0. The van der Waals surface area contributed by atoms with E-state index in [2.05, 4.69) is 11.1 Å². The number of aromatic nitrogens is 1. The standard InChI is InChI=1S/C13H14N2O2/c14-13(12(16)17)6-5-9-8-3-1-2-4-10(8)15-11(9)7-13/h1-4,15H,5-7,14H2,(H,16,17)/t13-/m1/s1. The fourth-order valence-electron chi connectivity index (χ4n) is 2.63. The number of benzene rings is 1. The minimum Gasteiger partial charge on any atom is -0.480 e. The van der Waals surface area contributed by atoms with Gasteiger partial charge in [-0.05, 0) is 24.5 Å². The quantitative estimate of drug-likeness (QED) is 0.693. The van der Waals surface area contributed by atoms with E-state index in [9.17, 15) is 4.79 Å². The van der Waals surface area contributed by atoms with Crippen molar-refractivity contribution < 1.29 is 9.90 Å². The molecular formula is C13H14N2O2. The Morgan fingerprint density at radius 2 is 2.18 bits per heavy atom. The van der Waals surface area contributed by atoms with Crippen molar-refractivity contribution >= 4 is 16.9 Å². The van der Waals surface area contributed by atoms with Crippen molar-refractivity contribution in [1.82, 2.24) is 4.98 Å².